The quantitative estimate of drug-likeness (QED) is 0.156. The van der Waals surface area contributed by atoms with E-state index in [0.717, 1.165) is 26.9 Å². The van der Waals surface area contributed by atoms with Crippen LogP contribution in [0.15, 0.2) is 93.3 Å². The van der Waals surface area contributed by atoms with Gasteiger partial charge in [0.15, 0.2) is 4.80 Å². The fourth-order valence-corrected chi connectivity index (χ4v) is 6.95. The van der Waals surface area contributed by atoms with Crippen LogP contribution in [0.25, 0.3) is 17.0 Å². The third-order valence-corrected chi connectivity index (χ3v) is 8.84. The van der Waals surface area contributed by atoms with Crippen molar-refractivity contribution in [2.45, 2.75) is 26.4 Å². The monoisotopic (exact) mass is 584 g/mol. The van der Waals surface area contributed by atoms with Crippen molar-refractivity contribution < 1.29 is 14.5 Å². The van der Waals surface area contributed by atoms with E-state index in [1.807, 2.05) is 54.1 Å². The minimum absolute atomic E-state index is 0.0457. The molecule has 206 valence electrons. The molecule has 1 aliphatic rings. The zero-order valence-corrected chi connectivity index (χ0v) is 23.8. The van der Waals surface area contributed by atoms with Gasteiger partial charge in [0.1, 0.15) is 6.04 Å². The van der Waals surface area contributed by atoms with Gasteiger partial charge in [-0.3, -0.25) is 19.5 Å². The number of non-ortho nitro benzene ring substituents is 1. The second kappa shape index (κ2) is 10.8. The summed E-state index contributed by atoms with van der Waals surface area (Å²) in [7, 11) is 0. The molecule has 6 rings (SSSR count). The number of aromatic nitrogens is 2. The van der Waals surface area contributed by atoms with Gasteiger partial charge in [0.05, 0.1) is 27.3 Å². The maximum absolute atomic E-state index is 13.9. The first-order valence-corrected chi connectivity index (χ1v) is 14.6. The summed E-state index contributed by atoms with van der Waals surface area (Å²) in [5, 5.41) is 13.9. The molecule has 0 saturated heterocycles. The summed E-state index contributed by atoms with van der Waals surface area (Å²) < 4.78 is 9.51. The number of para-hydroxylation sites is 1. The van der Waals surface area contributed by atoms with Gasteiger partial charge in [-0.2, -0.15) is 0 Å². The van der Waals surface area contributed by atoms with Crippen LogP contribution in [0.5, 0.6) is 0 Å². The molecule has 1 aliphatic heterocycles. The zero-order chi connectivity index (χ0) is 28.7. The summed E-state index contributed by atoms with van der Waals surface area (Å²) in [4.78, 5) is 43.6. The Labute approximate surface area is 241 Å². The normalized spacial score (nSPS) is 15.2. The second-order valence-electron chi connectivity index (χ2n) is 9.47. The molecule has 0 unspecified atom stereocenters. The third-order valence-electron chi connectivity index (χ3n) is 6.94. The first-order valence-electron chi connectivity index (χ1n) is 12.9. The average Bonchev–Trinajstić information content (AvgIpc) is 3.68. The molecule has 2 aromatic carbocycles. The standard InChI is InChI=1S/C30H24N4O5S2/c1-3-39-29(36)26-18(2)31-30-33(27(26)24-9-6-14-40-24)28(35)25(41-30)15-20-17-32(23-8-5-4-7-22(20)23)16-19-10-12-21(13-11-19)34(37)38/h4-15,17,27H,3,16H2,1-2H3/b25-15-/t27-/m0/s1. The summed E-state index contributed by atoms with van der Waals surface area (Å²) in [6, 6.07) is 17.6. The molecule has 9 nitrogen and oxygen atoms in total. The fraction of sp³-hybridized carbons (Fsp3) is 0.167. The molecule has 0 saturated carbocycles. The minimum atomic E-state index is -0.615. The molecule has 0 aliphatic carbocycles. The number of nitro benzene ring substituents is 1. The van der Waals surface area contributed by atoms with E-state index in [2.05, 4.69) is 9.56 Å². The van der Waals surface area contributed by atoms with Crippen molar-refractivity contribution in [2.75, 3.05) is 6.61 Å². The van der Waals surface area contributed by atoms with Gasteiger partial charge in [0, 0.05) is 46.2 Å². The number of esters is 1. The van der Waals surface area contributed by atoms with Crippen molar-refractivity contribution in [3.63, 3.8) is 0 Å². The molecule has 0 fully saturated rings. The molecular weight excluding hydrogens is 560 g/mol. The van der Waals surface area contributed by atoms with Gasteiger partial charge in [-0.1, -0.05) is 47.7 Å². The molecule has 5 aromatic rings. The summed E-state index contributed by atoms with van der Waals surface area (Å²) >= 11 is 2.76. The number of thiophene rings is 1. The van der Waals surface area contributed by atoms with E-state index in [-0.39, 0.29) is 17.9 Å². The minimum Gasteiger partial charge on any atom is -0.463 e. The number of rotatable bonds is 7. The molecule has 1 atom stereocenters. The summed E-state index contributed by atoms with van der Waals surface area (Å²) in [5.41, 5.74) is 3.48. The van der Waals surface area contributed by atoms with Crippen molar-refractivity contribution in [1.82, 2.24) is 9.13 Å². The van der Waals surface area contributed by atoms with E-state index in [1.54, 1.807) is 30.5 Å². The van der Waals surface area contributed by atoms with E-state index >= 15 is 0 Å². The van der Waals surface area contributed by atoms with Crippen LogP contribution in [0.1, 0.15) is 35.9 Å². The smallest absolute Gasteiger partial charge is 0.338 e. The van der Waals surface area contributed by atoms with Crippen LogP contribution in [0, 0.1) is 10.1 Å². The number of carbonyl (C=O) groups is 1. The van der Waals surface area contributed by atoms with Gasteiger partial charge in [-0.25, -0.2) is 9.79 Å². The van der Waals surface area contributed by atoms with E-state index < -0.39 is 16.9 Å². The summed E-state index contributed by atoms with van der Waals surface area (Å²) in [6.45, 7) is 4.26. The van der Waals surface area contributed by atoms with Crippen molar-refractivity contribution in [3.05, 3.63) is 129 Å². The van der Waals surface area contributed by atoms with Crippen LogP contribution in [0.3, 0.4) is 0 Å². The summed E-state index contributed by atoms with van der Waals surface area (Å²) in [5.74, 6) is -0.476. The lowest BCUT2D eigenvalue weighted by molar-refractivity contribution is -0.384. The molecule has 0 bridgehead atoms. The predicted molar refractivity (Wildman–Crippen MR) is 159 cm³/mol. The van der Waals surface area contributed by atoms with Crippen LogP contribution < -0.4 is 14.9 Å². The van der Waals surface area contributed by atoms with Crippen LogP contribution in [-0.2, 0) is 16.1 Å². The molecule has 0 spiro atoms. The largest absolute Gasteiger partial charge is 0.463 e. The first kappa shape index (κ1) is 26.6. The highest BCUT2D eigenvalue weighted by molar-refractivity contribution is 7.10. The predicted octanol–water partition coefficient (Wildman–Crippen LogP) is 4.77. The van der Waals surface area contributed by atoms with Gasteiger partial charge in [-0.15, -0.1) is 11.3 Å². The Hall–Kier alpha value is -4.61. The molecular formula is C30H24N4O5S2. The number of fused-ring (bicyclic) bond motifs is 2. The second-order valence-corrected chi connectivity index (χ2v) is 11.5. The number of hydrogen-bond donors (Lipinski definition) is 0. The Bertz CT molecular complexity index is 2020. The molecule has 0 amide bonds. The molecule has 3 aromatic heterocycles. The van der Waals surface area contributed by atoms with Crippen LogP contribution in [0.4, 0.5) is 5.69 Å². The lowest BCUT2D eigenvalue weighted by atomic mass is 10.0. The van der Waals surface area contributed by atoms with Gasteiger partial charge >= 0.3 is 5.97 Å². The number of nitrogens with zero attached hydrogens (tertiary/aromatic N) is 4. The number of hydrogen-bond acceptors (Lipinski definition) is 8. The van der Waals surface area contributed by atoms with E-state index in [0.29, 0.717) is 27.1 Å². The Morgan fingerprint density at radius 2 is 1.93 bits per heavy atom. The van der Waals surface area contributed by atoms with E-state index in [9.17, 15) is 19.7 Å². The highest BCUT2D eigenvalue weighted by Crippen LogP contribution is 2.33. The lowest BCUT2D eigenvalue weighted by Crippen LogP contribution is -2.39. The van der Waals surface area contributed by atoms with Crippen LogP contribution in [0.2, 0.25) is 0 Å². The molecule has 0 radical (unpaired) electrons. The summed E-state index contributed by atoms with van der Waals surface area (Å²) in [6.07, 6.45) is 3.85. The molecule has 0 N–H and O–H groups in total. The number of benzene rings is 2. The average molecular weight is 585 g/mol. The van der Waals surface area contributed by atoms with Crippen molar-refractivity contribution in [2.24, 2.45) is 4.99 Å². The lowest BCUT2D eigenvalue weighted by Gasteiger charge is -2.23. The number of thiazole rings is 1. The number of carbonyl (C=O) groups excluding carboxylic acids is 1. The maximum atomic E-state index is 13.9. The molecule has 41 heavy (non-hydrogen) atoms. The number of allylic oxidation sites excluding steroid dienone is 1. The van der Waals surface area contributed by atoms with Crippen molar-refractivity contribution in [1.29, 1.82) is 0 Å². The van der Waals surface area contributed by atoms with Crippen LogP contribution in [-0.4, -0.2) is 26.6 Å². The topological polar surface area (TPSA) is 109 Å². The number of ether oxygens (including phenoxy) is 1. The van der Waals surface area contributed by atoms with Crippen LogP contribution >= 0.6 is 22.7 Å². The maximum Gasteiger partial charge on any atom is 0.338 e. The van der Waals surface area contributed by atoms with E-state index in [4.69, 9.17) is 4.74 Å². The molecule has 11 heteroatoms. The number of nitro groups is 1. The van der Waals surface area contributed by atoms with Gasteiger partial charge < -0.3 is 9.30 Å². The first-order chi connectivity index (χ1) is 19.9. The zero-order valence-electron chi connectivity index (χ0n) is 22.1. The Balaban J connectivity index is 1.46. The Morgan fingerprint density at radius 1 is 1.15 bits per heavy atom. The highest BCUT2D eigenvalue weighted by atomic mass is 32.1. The Kier molecular flexibility index (Phi) is 6.98. The van der Waals surface area contributed by atoms with Crippen molar-refractivity contribution in [3.8, 4) is 0 Å². The van der Waals surface area contributed by atoms with Crippen molar-refractivity contribution >= 4 is 51.3 Å². The van der Waals surface area contributed by atoms with Gasteiger partial charge in [0.2, 0.25) is 0 Å². The Morgan fingerprint density at radius 3 is 2.63 bits per heavy atom. The fourth-order valence-electron chi connectivity index (χ4n) is 5.09. The molecule has 4 heterocycles. The highest BCUT2D eigenvalue weighted by Gasteiger charge is 2.33. The SMILES string of the molecule is CCOC(=O)C1=C(C)N=c2s/c(=C\c3cn(Cc4ccc([N+](=O)[O-])cc4)c4ccccc34)c(=O)n2[C@H]1c1cccs1. The third kappa shape index (κ3) is 4.83. The van der Waals surface area contributed by atoms with Gasteiger partial charge in [-0.05, 0) is 43.0 Å². The van der Waals surface area contributed by atoms with E-state index in [1.165, 1.54) is 34.8 Å². The van der Waals surface area contributed by atoms with Gasteiger partial charge in [0.25, 0.3) is 11.2 Å².